The fourth-order valence-corrected chi connectivity index (χ4v) is 5.39. The zero-order chi connectivity index (χ0) is 23.7. The molecule has 1 aromatic carbocycles. The number of rotatable bonds is 5. The van der Waals surface area contributed by atoms with Crippen molar-refractivity contribution >= 4 is 35.3 Å². The van der Waals surface area contributed by atoms with Crippen molar-refractivity contribution in [3.63, 3.8) is 0 Å². The molecule has 2 aromatic rings. The van der Waals surface area contributed by atoms with E-state index in [-0.39, 0.29) is 11.9 Å². The highest BCUT2D eigenvalue weighted by atomic mass is 32.2. The minimum atomic E-state index is -0.521. The van der Waals surface area contributed by atoms with E-state index in [0.29, 0.717) is 17.5 Å². The number of urea groups is 1. The Kier molecular flexibility index (Phi) is 6.27. The van der Waals surface area contributed by atoms with Crippen molar-refractivity contribution in [1.82, 2.24) is 29.6 Å². The van der Waals surface area contributed by atoms with Crippen molar-refractivity contribution < 1.29 is 9.59 Å². The minimum absolute atomic E-state index is 0.212. The van der Waals surface area contributed by atoms with Gasteiger partial charge in [0.2, 0.25) is 0 Å². The average molecular weight is 481 g/mol. The Hall–Kier alpha value is -3.34. The number of aliphatic imine (C=N–C) groups is 1. The van der Waals surface area contributed by atoms with Gasteiger partial charge < -0.3 is 19.6 Å². The van der Waals surface area contributed by atoms with E-state index >= 15 is 0 Å². The monoisotopic (exact) mass is 480 g/mol. The van der Waals surface area contributed by atoms with Crippen LogP contribution in [-0.2, 0) is 4.79 Å². The van der Waals surface area contributed by atoms with Crippen LogP contribution in [0.2, 0.25) is 0 Å². The van der Waals surface area contributed by atoms with Gasteiger partial charge in [-0.05, 0) is 18.2 Å². The van der Waals surface area contributed by atoms with Crippen LogP contribution < -0.4 is 4.90 Å². The molecule has 2 atom stereocenters. The molecule has 0 spiro atoms. The molecule has 2 unspecified atom stereocenters. The molecule has 0 N–H and O–H groups in total. The highest BCUT2D eigenvalue weighted by molar-refractivity contribution is 7.99. The van der Waals surface area contributed by atoms with E-state index in [1.807, 2.05) is 6.07 Å². The summed E-state index contributed by atoms with van der Waals surface area (Å²) in [6, 6.07) is 11.3. The zero-order valence-corrected chi connectivity index (χ0v) is 20.1. The summed E-state index contributed by atoms with van der Waals surface area (Å²) in [6.45, 7) is 3.91. The second kappa shape index (κ2) is 9.49. The van der Waals surface area contributed by atoms with E-state index < -0.39 is 12.2 Å². The number of amides is 3. The lowest BCUT2D eigenvalue weighted by Gasteiger charge is -2.42. The van der Waals surface area contributed by atoms with Gasteiger partial charge in [-0.3, -0.25) is 9.69 Å². The van der Waals surface area contributed by atoms with Gasteiger partial charge in [-0.2, -0.15) is 0 Å². The van der Waals surface area contributed by atoms with Crippen LogP contribution in [0.5, 0.6) is 0 Å². The Morgan fingerprint density at radius 2 is 1.62 bits per heavy atom. The largest absolute Gasteiger partial charge is 0.368 e. The van der Waals surface area contributed by atoms with Gasteiger partial charge in [-0.15, -0.1) is 0 Å². The number of carbonyl (C=O) groups excluding carboxylic acids is 2. The van der Waals surface area contributed by atoms with Crippen LogP contribution in [0, 0.1) is 0 Å². The van der Waals surface area contributed by atoms with Gasteiger partial charge in [0.1, 0.15) is 0 Å². The lowest BCUT2D eigenvalue weighted by Crippen LogP contribution is -2.65. The van der Waals surface area contributed by atoms with Crippen LogP contribution in [-0.4, -0.2) is 112 Å². The second-order valence-electron chi connectivity index (χ2n) is 8.46. The third-order valence-corrected chi connectivity index (χ3v) is 7.34. The Balaban J connectivity index is 1.34. The molecule has 0 bridgehead atoms. The van der Waals surface area contributed by atoms with Crippen molar-refractivity contribution in [2.75, 3.05) is 57.5 Å². The number of para-hydroxylation sites is 1. The van der Waals surface area contributed by atoms with Crippen molar-refractivity contribution in [3.05, 3.63) is 48.8 Å². The number of aromatic nitrogens is 2. The maximum atomic E-state index is 13.2. The number of hydrogen-bond donors (Lipinski definition) is 0. The van der Waals surface area contributed by atoms with E-state index in [0.717, 1.165) is 32.1 Å². The first kappa shape index (κ1) is 22.5. The smallest absolute Gasteiger partial charge is 0.328 e. The molecule has 5 rings (SSSR count). The van der Waals surface area contributed by atoms with Crippen molar-refractivity contribution in [2.24, 2.45) is 4.99 Å². The first-order valence-electron chi connectivity index (χ1n) is 11.4. The SMILES string of the molecule is CN1C(=O)C2C(N=C(N3CCN(c4ccccc4)CC3)N2CCSc2ncccn2)N(C)C1=O. The quantitative estimate of drug-likeness (QED) is 0.467. The summed E-state index contributed by atoms with van der Waals surface area (Å²) < 4.78 is 0. The molecule has 3 amide bonds. The molecule has 11 heteroatoms. The third-order valence-electron chi connectivity index (χ3n) is 6.48. The molecule has 3 aliphatic heterocycles. The maximum absolute atomic E-state index is 13.2. The van der Waals surface area contributed by atoms with Gasteiger partial charge in [0.05, 0.1) is 0 Å². The summed E-state index contributed by atoms with van der Waals surface area (Å²) in [7, 11) is 3.26. The summed E-state index contributed by atoms with van der Waals surface area (Å²) in [4.78, 5) is 48.7. The molecule has 2 saturated heterocycles. The summed E-state index contributed by atoms with van der Waals surface area (Å²) in [5.41, 5.74) is 1.21. The number of imide groups is 1. The number of likely N-dealkylation sites (N-methyl/N-ethyl adjacent to an activating group) is 2. The fraction of sp³-hybridized carbons (Fsp3) is 0.435. The zero-order valence-electron chi connectivity index (χ0n) is 19.3. The van der Waals surface area contributed by atoms with Gasteiger partial charge in [0.25, 0.3) is 5.91 Å². The number of piperazine rings is 1. The van der Waals surface area contributed by atoms with Crippen LogP contribution in [0.25, 0.3) is 0 Å². The predicted molar refractivity (Wildman–Crippen MR) is 131 cm³/mol. The molecule has 1 aromatic heterocycles. The lowest BCUT2D eigenvalue weighted by molar-refractivity contribution is -0.136. The second-order valence-corrected chi connectivity index (χ2v) is 9.52. The van der Waals surface area contributed by atoms with Crippen LogP contribution in [0.4, 0.5) is 10.5 Å². The number of nitrogens with zero attached hydrogens (tertiary/aromatic N) is 8. The molecule has 0 saturated carbocycles. The summed E-state index contributed by atoms with van der Waals surface area (Å²) >= 11 is 1.55. The lowest BCUT2D eigenvalue weighted by atomic mass is 10.1. The van der Waals surface area contributed by atoms with E-state index in [1.165, 1.54) is 10.6 Å². The summed E-state index contributed by atoms with van der Waals surface area (Å²) in [5, 5.41) is 0.701. The molecular formula is C23H28N8O2S. The van der Waals surface area contributed by atoms with E-state index in [1.54, 1.807) is 49.2 Å². The Labute approximate surface area is 203 Å². The van der Waals surface area contributed by atoms with Gasteiger partial charge >= 0.3 is 6.03 Å². The van der Waals surface area contributed by atoms with Crippen molar-refractivity contribution in [2.45, 2.75) is 17.4 Å². The van der Waals surface area contributed by atoms with Crippen LogP contribution >= 0.6 is 11.8 Å². The highest BCUT2D eigenvalue weighted by Crippen LogP contribution is 2.29. The molecule has 178 valence electrons. The van der Waals surface area contributed by atoms with E-state index in [9.17, 15) is 9.59 Å². The number of thioether (sulfide) groups is 1. The molecule has 0 radical (unpaired) electrons. The number of anilines is 1. The molecule has 10 nitrogen and oxygen atoms in total. The number of carbonyl (C=O) groups is 2. The average Bonchev–Trinajstić information content (AvgIpc) is 3.27. The molecule has 0 aliphatic carbocycles. The normalized spacial score (nSPS) is 22.9. The first-order chi connectivity index (χ1) is 16.5. The summed E-state index contributed by atoms with van der Waals surface area (Å²) in [5.74, 6) is 1.28. The minimum Gasteiger partial charge on any atom is -0.368 e. The third kappa shape index (κ3) is 4.15. The van der Waals surface area contributed by atoms with Crippen molar-refractivity contribution in [1.29, 1.82) is 0 Å². The fourth-order valence-electron chi connectivity index (χ4n) is 4.65. The molecule has 3 aliphatic rings. The number of benzene rings is 1. The Bertz CT molecular complexity index is 1060. The number of hydrogen-bond acceptors (Lipinski definition) is 9. The van der Waals surface area contributed by atoms with Gasteiger partial charge in [0.15, 0.2) is 23.3 Å². The van der Waals surface area contributed by atoms with Crippen LogP contribution in [0.15, 0.2) is 58.9 Å². The summed E-state index contributed by atoms with van der Waals surface area (Å²) in [6.07, 6.45) is 2.93. The van der Waals surface area contributed by atoms with E-state index in [2.05, 4.69) is 48.9 Å². The Morgan fingerprint density at radius 3 is 2.32 bits per heavy atom. The molecular weight excluding hydrogens is 452 g/mol. The Morgan fingerprint density at radius 1 is 0.941 bits per heavy atom. The molecule has 4 heterocycles. The van der Waals surface area contributed by atoms with Crippen LogP contribution in [0.1, 0.15) is 0 Å². The van der Waals surface area contributed by atoms with Gasteiger partial charge in [0, 0.05) is 70.7 Å². The number of fused-ring (bicyclic) bond motifs is 1. The number of guanidine groups is 1. The van der Waals surface area contributed by atoms with Crippen LogP contribution in [0.3, 0.4) is 0 Å². The predicted octanol–water partition coefficient (Wildman–Crippen LogP) is 1.28. The topological polar surface area (TPSA) is 88.5 Å². The van der Waals surface area contributed by atoms with Gasteiger partial charge in [-0.1, -0.05) is 30.0 Å². The molecule has 34 heavy (non-hydrogen) atoms. The van der Waals surface area contributed by atoms with E-state index in [4.69, 9.17) is 4.99 Å². The highest BCUT2D eigenvalue weighted by Gasteiger charge is 2.52. The standard InChI is InChI=1S/C23H28N8O2S/c1-27-19-18(20(32)28(2)23(27)33)31(15-16-34-21-24-9-6-10-25-21)22(26-19)30-13-11-29(12-14-30)17-7-4-3-5-8-17/h3-10,18-19H,11-16H2,1-2H3. The van der Waals surface area contributed by atoms with Gasteiger partial charge in [-0.25, -0.2) is 19.8 Å². The van der Waals surface area contributed by atoms with Crippen molar-refractivity contribution in [3.8, 4) is 0 Å². The first-order valence-corrected chi connectivity index (χ1v) is 12.4. The molecule has 2 fully saturated rings. The maximum Gasteiger partial charge on any atom is 0.328 e.